The molecule has 0 bridgehead atoms. The van der Waals surface area contributed by atoms with Crippen molar-refractivity contribution in [1.29, 1.82) is 0 Å². The number of hydrogen-bond donors (Lipinski definition) is 1. The van der Waals surface area contributed by atoms with Gasteiger partial charge in [-0.2, -0.15) is 0 Å². The zero-order chi connectivity index (χ0) is 21.5. The fourth-order valence-electron chi connectivity index (χ4n) is 3.79. The highest BCUT2D eigenvalue weighted by atomic mass is 32.2. The predicted octanol–water partition coefficient (Wildman–Crippen LogP) is 4.36. The Morgan fingerprint density at radius 3 is 2.33 bits per heavy atom. The van der Waals surface area contributed by atoms with Crippen molar-refractivity contribution < 1.29 is 13.2 Å². The number of amides is 1. The molecule has 1 aliphatic heterocycles. The van der Waals surface area contributed by atoms with Crippen LogP contribution in [0.4, 0.5) is 5.69 Å². The van der Waals surface area contributed by atoms with Gasteiger partial charge < -0.3 is 5.32 Å². The number of nitrogens with one attached hydrogen (secondary N) is 1. The van der Waals surface area contributed by atoms with Crippen LogP contribution in [0.15, 0.2) is 71.6 Å². The van der Waals surface area contributed by atoms with Crippen LogP contribution in [-0.2, 0) is 14.8 Å². The maximum Gasteiger partial charge on any atom is 0.265 e. The number of carbonyl (C=O) groups excluding carboxylic acids is 1. The maximum atomic E-state index is 13.3. The van der Waals surface area contributed by atoms with E-state index in [1.165, 1.54) is 9.87 Å². The number of aryl methyl sites for hydroxylation is 2. The molecule has 30 heavy (non-hydrogen) atoms. The molecule has 4 rings (SSSR count). The number of benzene rings is 3. The summed E-state index contributed by atoms with van der Waals surface area (Å²) in [6.07, 6.45) is 0. The van der Waals surface area contributed by atoms with Gasteiger partial charge in [-0.05, 0) is 49.6 Å². The fraction of sp³-hybridized carbons (Fsp3) is 0.208. The highest BCUT2D eigenvalue weighted by Gasteiger charge is 2.35. The summed E-state index contributed by atoms with van der Waals surface area (Å²) in [7, 11) is -3.83. The van der Waals surface area contributed by atoms with Crippen LogP contribution >= 0.6 is 0 Å². The molecule has 0 saturated carbocycles. The van der Waals surface area contributed by atoms with E-state index >= 15 is 0 Å². The number of hydrogen-bond acceptors (Lipinski definition) is 3. The third-order valence-electron chi connectivity index (χ3n) is 5.61. The molecule has 1 aliphatic rings. The summed E-state index contributed by atoms with van der Waals surface area (Å²) in [4.78, 5) is 13.1. The molecule has 0 aliphatic carbocycles. The van der Waals surface area contributed by atoms with Crippen molar-refractivity contribution in [2.45, 2.75) is 31.7 Å². The van der Waals surface area contributed by atoms with E-state index in [1.807, 2.05) is 57.2 Å². The van der Waals surface area contributed by atoms with Gasteiger partial charge >= 0.3 is 0 Å². The summed E-state index contributed by atoms with van der Waals surface area (Å²) in [5.41, 5.74) is 5.31. The second kappa shape index (κ2) is 7.61. The average Bonchev–Trinajstić information content (AvgIpc) is 2.73. The number of anilines is 1. The van der Waals surface area contributed by atoms with Crippen LogP contribution in [0.25, 0.3) is 11.1 Å². The van der Waals surface area contributed by atoms with Crippen LogP contribution in [0.3, 0.4) is 0 Å². The molecule has 1 unspecified atom stereocenters. The average molecular weight is 421 g/mol. The van der Waals surface area contributed by atoms with Crippen molar-refractivity contribution in [3.63, 3.8) is 0 Å². The summed E-state index contributed by atoms with van der Waals surface area (Å²) in [6.45, 7) is 5.69. The molecule has 0 spiro atoms. The zero-order valence-electron chi connectivity index (χ0n) is 17.2. The standard InChI is InChI=1S/C24H24N2O3S/c1-16-12-13-19(14-17(16)2)18(3)25-24(27)15-26-22-10-6-4-8-20(22)21-9-5-7-11-23(21)30(26,28)29/h4-14,18H,15H2,1-3H3,(H,25,27). The molecule has 6 heteroatoms. The lowest BCUT2D eigenvalue weighted by molar-refractivity contribution is -0.120. The third-order valence-corrected chi connectivity index (χ3v) is 7.43. The van der Waals surface area contributed by atoms with Gasteiger partial charge in [0.25, 0.3) is 10.0 Å². The van der Waals surface area contributed by atoms with E-state index < -0.39 is 10.0 Å². The minimum Gasteiger partial charge on any atom is -0.348 e. The first-order valence-corrected chi connectivity index (χ1v) is 11.3. The molecule has 3 aromatic carbocycles. The van der Waals surface area contributed by atoms with E-state index in [4.69, 9.17) is 0 Å². The molecule has 1 N–H and O–H groups in total. The molecular formula is C24H24N2O3S. The van der Waals surface area contributed by atoms with E-state index in [-0.39, 0.29) is 23.4 Å². The second-order valence-corrected chi connectivity index (χ2v) is 9.49. The van der Waals surface area contributed by atoms with Gasteiger partial charge in [0.1, 0.15) is 6.54 Å². The Bertz CT molecular complexity index is 1230. The predicted molar refractivity (Wildman–Crippen MR) is 119 cm³/mol. The van der Waals surface area contributed by atoms with Crippen molar-refractivity contribution in [3.8, 4) is 11.1 Å². The third kappa shape index (κ3) is 3.48. The summed E-state index contributed by atoms with van der Waals surface area (Å²) in [6, 6.07) is 20.0. The van der Waals surface area contributed by atoms with Crippen LogP contribution in [0, 0.1) is 13.8 Å². The van der Waals surface area contributed by atoms with Crippen LogP contribution in [-0.4, -0.2) is 20.9 Å². The van der Waals surface area contributed by atoms with Crippen LogP contribution in [0.2, 0.25) is 0 Å². The fourth-order valence-corrected chi connectivity index (χ4v) is 5.44. The first-order chi connectivity index (χ1) is 14.3. The van der Waals surface area contributed by atoms with Gasteiger partial charge in [0.15, 0.2) is 0 Å². The summed E-state index contributed by atoms with van der Waals surface area (Å²) in [5.74, 6) is -0.349. The first kappa shape index (κ1) is 20.2. The Balaban J connectivity index is 1.62. The van der Waals surface area contributed by atoms with Gasteiger partial charge in [0.2, 0.25) is 5.91 Å². The molecule has 1 atom stereocenters. The molecule has 0 aromatic heterocycles. The van der Waals surface area contributed by atoms with Crippen molar-refractivity contribution in [2.75, 3.05) is 10.8 Å². The molecule has 1 amide bonds. The Morgan fingerprint density at radius 2 is 1.60 bits per heavy atom. The SMILES string of the molecule is Cc1ccc(C(C)NC(=O)CN2c3ccccc3-c3ccccc3S2(=O)=O)cc1C. The van der Waals surface area contributed by atoms with Gasteiger partial charge in [0, 0.05) is 11.1 Å². The van der Waals surface area contributed by atoms with Crippen molar-refractivity contribution in [2.24, 2.45) is 0 Å². The lowest BCUT2D eigenvalue weighted by Gasteiger charge is -2.31. The van der Waals surface area contributed by atoms with Crippen molar-refractivity contribution in [1.82, 2.24) is 5.32 Å². The van der Waals surface area contributed by atoms with E-state index in [0.29, 0.717) is 11.3 Å². The van der Waals surface area contributed by atoms with Crippen LogP contribution < -0.4 is 9.62 Å². The highest BCUT2D eigenvalue weighted by Crippen LogP contribution is 2.42. The van der Waals surface area contributed by atoms with Gasteiger partial charge in [-0.15, -0.1) is 0 Å². The number of fused-ring (bicyclic) bond motifs is 3. The van der Waals surface area contributed by atoms with E-state index in [2.05, 4.69) is 5.32 Å². The topological polar surface area (TPSA) is 66.5 Å². The Kier molecular flexibility index (Phi) is 5.12. The van der Waals surface area contributed by atoms with Gasteiger partial charge in [-0.25, -0.2) is 8.42 Å². The maximum absolute atomic E-state index is 13.3. The Morgan fingerprint density at radius 1 is 0.933 bits per heavy atom. The molecule has 0 saturated heterocycles. The van der Waals surface area contributed by atoms with Gasteiger partial charge in [-0.1, -0.05) is 54.6 Å². The normalized spacial score (nSPS) is 15.1. The largest absolute Gasteiger partial charge is 0.348 e. The lowest BCUT2D eigenvalue weighted by Crippen LogP contribution is -2.43. The van der Waals surface area contributed by atoms with E-state index in [0.717, 1.165) is 16.7 Å². The quantitative estimate of drug-likeness (QED) is 0.682. The van der Waals surface area contributed by atoms with Crippen molar-refractivity contribution in [3.05, 3.63) is 83.4 Å². The molecular weight excluding hydrogens is 396 g/mol. The minimum absolute atomic E-state index is 0.221. The van der Waals surface area contributed by atoms with Crippen LogP contribution in [0.1, 0.15) is 29.7 Å². The smallest absolute Gasteiger partial charge is 0.265 e. The monoisotopic (exact) mass is 420 g/mol. The second-order valence-electron chi connectivity index (χ2n) is 7.66. The number of para-hydroxylation sites is 1. The molecule has 154 valence electrons. The Labute approximate surface area is 177 Å². The van der Waals surface area contributed by atoms with Gasteiger partial charge in [0.05, 0.1) is 16.6 Å². The lowest BCUT2D eigenvalue weighted by atomic mass is 10.0. The molecule has 3 aromatic rings. The number of rotatable bonds is 4. The molecule has 1 heterocycles. The van der Waals surface area contributed by atoms with E-state index in [1.54, 1.807) is 30.3 Å². The minimum atomic E-state index is -3.83. The molecule has 0 radical (unpaired) electrons. The van der Waals surface area contributed by atoms with E-state index in [9.17, 15) is 13.2 Å². The number of nitrogens with zero attached hydrogens (tertiary/aromatic N) is 1. The van der Waals surface area contributed by atoms with Crippen molar-refractivity contribution >= 4 is 21.6 Å². The molecule has 5 nitrogen and oxygen atoms in total. The highest BCUT2D eigenvalue weighted by molar-refractivity contribution is 7.93. The Hall–Kier alpha value is -3.12. The number of carbonyl (C=O) groups is 1. The zero-order valence-corrected chi connectivity index (χ0v) is 18.0. The number of sulfonamides is 1. The van der Waals surface area contributed by atoms with Gasteiger partial charge in [-0.3, -0.25) is 9.10 Å². The summed E-state index contributed by atoms with van der Waals surface area (Å²) < 4.78 is 27.8. The summed E-state index contributed by atoms with van der Waals surface area (Å²) in [5, 5.41) is 2.94. The molecule has 0 fully saturated rings. The summed E-state index contributed by atoms with van der Waals surface area (Å²) >= 11 is 0. The van der Waals surface area contributed by atoms with Crippen LogP contribution in [0.5, 0.6) is 0 Å². The first-order valence-electron chi connectivity index (χ1n) is 9.86.